The Morgan fingerprint density at radius 2 is 2.13 bits per heavy atom. The number of hydrogen-bond acceptors (Lipinski definition) is 7. The summed E-state index contributed by atoms with van der Waals surface area (Å²) in [6.45, 7) is 2.79. The van der Waals surface area contributed by atoms with Crippen LogP contribution in [0.25, 0.3) is 16.9 Å². The van der Waals surface area contributed by atoms with Gasteiger partial charge in [0.1, 0.15) is 11.9 Å². The summed E-state index contributed by atoms with van der Waals surface area (Å²) in [5.41, 5.74) is 1.34. The topological polar surface area (TPSA) is 92.0 Å². The van der Waals surface area contributed by atoms with Crippen LogP contribution in [-0.2, 0) is 0 Å². The molecule has 2 aliphatic heterocycles. The summed E-state index contributed by atoms with van der Waals surface area (Å²) in [7, 11) is 1.88. The minimum Gasteiger partial charge on any atom is -0.507 e. The van der Waals surface area contributed by atoms with Gasteiger partial charge in [0.2, 0.25) is 0 Å². The van der Waals surface area contributed by atoms with Crippen LogP contribution in [-0.4, -0.2) is 61.6 Å². The van der Waals surface area contributed by atoms with E-state index < -0.39 is 11.7 Å². The normalized spacial score (nSPS) is 27.9. The van der Waals surface area contributed by atoms with E-state index in [1.807, 2.05) is 31.0 Å². The van der Waals surface area contributed by atoms with Crippen molar-refractivity contribution in [3.8, 4) is 22.7 Å². The first-order valence-corrected chi connectivity index (χ1v) is 10.1. The molecule has 9 heteroatoms. The van der Waals surface area contributed by atoms with Crippen LogP contribution in [0.4, 0.5) is 10.2 Å². The summed E-state index contributed by atoms with van der Waals surface area (Å²) in [5, 5.41) is 30.1. The van der Waals surface area contributed by atoms with Crippen molar-refractivity contribution < 1.29 is 9.50 Å². The van der Waals surface area contributed by atoms with E-state index in [2.05, 4.69) is 25.8 Å². The standard InChI is InChI=1S/C21H24FN7O/c1-21-8-7-13(12-23-21)19(20(21)22)28(2)18-6-5-16(25-26-18)15-4-3-14(11-17(15)30)29-10-9-24-27-29/h3-6,9-11,13,19-20,23,30H,7-8,12H2,1-2H3/t13-,19+,20-,21-/m1/s1. The zero-order valence-electron chi connectivity index (χ0n) is 16.9. The molecule has 1 saturated carbocycles. The van der Waals surface area contributed by atoms with Crippen LogP contribution in [0.5, 0.6) is 5.75 Å². The molecule has 0 amide bonds. The van der Waals surface area contributed by atoms with E-state index in [4.69, 9.17) is 0 Å². The lowest BCUT2D eigenvalue weighted by atomic mass is 9.68. The smallest absolute Gasteiger partial charge is 0.151 e. The van der Waals surface area contributed by atoms with Crippen molar-refractivity contribution in [2.45, 2.75) is 37.5 Å². The fraction of sp³-hybridized carbons (Fsp3) is 0.429. The Hall–Kier alpha value is -3.07. The fourth-order valence-corrected chi connectivity index (χ4v) is 4.73. The highest BCUT2D eigenvalue weighted by atomic mass is 19.1. The lowest BCUT2D eigenvalue weighted by Crippen LogP contribution is -2.70. The van der Waals surface area contributed by atoms with Crippen molar-refractivity contribution in [1.29, 1.82) is 0 Å². The van der Waals surface area contributed by atoms with Crippen molar-refractivity contribution in [3.05, 3.63) is 42.7 Å². The van der Waals surface area contributed by atoms with Gasteiger partial charge in [0.25, 0.3) is 0 Å². The first kappa shape index (κ1) is 18.9. The van der Waals surface area contributed by atoms with Crippen molar-refractivity contribution in [2.75, 3.05) is 18.5 Å². The molecule has 2 bridgehead atoms. The number of rotatable bonds is 4. The van der Waals surface area contributed by atoms with E-state index in [9.17, 15) is 5.11 Å². The first-order valence-electron chi connectivity index (χ1n) is 10.1. The number of aromatic nitrogens is 5. The first-order chi connectivity index (χ1) is 14.5. The number of aromatic hydroxyl groups is 1. The summed E-state index contributed by atoms with van der Waals surface area (Å²) in [5.74, 6) is 0.953. The zero-order valence-corrected chi connectivity index (χ0v) is 16.9. The second-order valence-corrected chi connectivity index (χ2v) is 8.43. The molecule has 0 spiro atoms. The van der Waals surface area contributed by atoms with Crippen LogP contribution in [0, 0.1) is 5.92 Å². The monoisotopic (exact) mass is 409 g/mol. The number of piperidine rings is 2. The molecule has 3 fully saturated rings. The van der Waals surface area contributed by atoms with Crippen LogP contribution in [0.1, 0.15) is 19.8 Å². The molecule has 2 N–H and O–H groups in total. The molecule has 4 heterocycles. The Labute approximate surface area is 173 Å². The van der Waals surface area contributed by atoms with Crippen LogP contribution < -0.4 is 10.2 Å². The molecular formula is C21H24FN7O. The van der Waals surface area contributed by atoms with E-state index >= 15 is 4.39 Å². The molecule has 0 unspecified atom stereocenters. The van der Waals surface area contributed by atoms with Gasteiger partial charge in [-0.25, -0.2) is 9.07 Å². The highest BCUT2D eigenvalue weighted by molar-refractivity contribution is 5.69. The molecule has 0 radical (unpaired) electrons. The largest absolute Gasteiger partial charge is 0.507 e. The summed E-state index contributed by atoms with van der Waals surface area (Å²) in [4.78, 5) is 1.91. The molecule has 30 heavy (non-hydrogen) atoms. The van der Waals surface area contributed by atoms with Crippen molar-refractivity contribution in [2.24, 2.45) is 5.92 Å². The quantitative estimate of drug-likeness (QED) is 0.683. The second kappa shape index (κ2) is 7.02. The predicted octanol–water partition coefficient (Wildman–Crippen LogP) is 2.34. The summed E-state index contributed by atoms with van der Waals surface area (Å²) in [6, 6.07) is 8.61. The number of nitrogens with one attached hydrogen (secondary N) is 1. The van der Waals surface area contributed by atoms with Gasteiger partial charge >= 0.3 is 0 Å². The van der Waals surface area contributed by atoms with Gasteiger partial charge in [-0.1, -0.05) is 5.21 Å². The number of anilines is 1. The van der Waals surface area contributed by atoms with Crippen LogP contribution in [0.15, 0.2) is 42.7 Å². The van der Waals surface area contributed by atoms with Gasteiger partial charge in [-0.2, -0.15) is 0 Å². The minimum absolute atomic E-state index is 0.0748. The van der Waals surface area contributed by atoms with E-state index in [1.54, 1.807) is 35.3 Å². The summed E-state index contributed by atoms with van der Waals surface area (Å²) in [6.07, 6.45) is 4.17. The maximum atomic E-state index is 15.2. The SMILES string of the molecule is CN(c1ccc(-c2ccc(-n3ccnn3)cc2O)nn1)[C@H]1[C@@H]2CC[C@@](C)(NC2)[C@@H]1F. The van der Waals surface area contributed by atoms with Gasteiger partial charge in [0, 0.05) is 30.8 Å². The lowest BCUT2D eigenvalue weighted by molar-refractivity contribution is 0.0102. The molecule has 2 saturated heterocycles. The third kappa shape index (κ3) is 3.00. The number of alkyl halides is 1. The van der Waals surface area contributed by atoms with Gasteiger partial charge in [-0.3, -0.25) is 0 Å². The molecule has 1 aromatic carbocycles. The fourth-order valence-electron chi connectivity index (χ4n) is 4.73. The molecule has 1 aliphatic carbocycles. The van der Waals surface area contributed by atoms with E-state index in [0.717, 1.165) is 19.4 Å². The average molecular weight is 409 g/mol. The van der Waals surface area contributed by atoms with Gasteiger partial charge in [0.15, 0.2) is 5.82 Å². The lowest BCUT2D eigenvalue weighted by Gasteiger charge is -2.54. The van der Waals surface area contributed by atoms with Crippen LogP contribution >= 0.6 is 0 Å². The Balaban J connectivity index is 1.38. The maximum Gasteiger partial charge on any atom is 0.151 e. The van der Waals surface area contributed by atoms with E-state index in [-0.39, 0.29) is 17.7 Å². The molecule has 8 nitrogen and oxygen atoms in total. The Bertz CT molecular complexity index is 1030. The van der Waals surface area contributed by atoms with Gasteiger partial charge in [-0.15, -0.1) is 15.3 Å². The Kier molecular flexibility index (Phi) is 4.43. The highest BCUT2D eigenvalue weighted by Gasteiger charge is 2.53. The third-order valence-corrected chi connectivity index (χ3v) is 6.60. The third-order valence-electron chi connectivity index (χ3n) is 6.60. The van der Waals surface area contributed by atoms with E-state index in [0.29, 0.717) is 22.8 Å². The van der Waals surface area contributed by atoms with Gasteiger partial charge in [0.05, 0.1) is 29.8 Å². The number of phenols is 1. The number of benzene rings is 1. The zero-order chi connectivity index (χ0) is 20.9. The molecule has 156 valence electrons. The highest BCUT2D eigenvalue weighted by Crippen LogP contribution is 2.42. The number of phenolic OH excluding ortho intramolecular Hbond substituents is 1. The van der Waals surface area contributed by atoms with Crippen molar-refractivity contribution in [3.63, 3.8) is 0 Å². The van der Waals surface area contributed by atoms with E-state index in [1.165, 1.54) is 0 Å². The molecule has 3 aromatic rings. The minimum atomic E-state index is -0.968. The Morgan fingerprint density at radius 3 is 2.77 bits per heavy atom. The molecule has 6 rings (SSSR count). The number of nitrogens with zero attached hydrogens (tertiary/aromatic N) is 6. The number of hydrogen-bond donors (Lipinski definition) is 2. The number of fused-ring (bicyclic) bond motifs is 3. The predicted molar refractivity (Wildman–Crippen MR) is 110 cm³/mol. The molecular weight excluding hydrogens is 385 g/mol. The molecule has 2 aromatic heterocycles. The van der Waals surface area contributed by atoms with Crippen LogP contribution in [0.3, 0.4) is 0 Å². The second-order valence-electron chi connectivity index (χ2n) is 8.43. The maximum absolute atomic E-state index is 15.2. The summed E-state index contributed by atoms with van der Waals surface area (Å²) >= 11 is 0. The van der Waals surface area contributed by atoms with Crippen LogP contribution in [0.2, 0.25) is 0 Å². The van der Waals surface area contributed by atoms with Gasteiger partial charge in [-0.05, 0) is 49.9 Å². The van der Waals surface area contributed by atoms with Gasteiger partial charge < -0.3 is 15.3 Å². The molecule has 3 aliphatic rings. The molecule has 4 atom stereocenters. The Morgan fingerprint density at radius 1 is 1.27 bits per heavy atom. The van der Waals surface area contributed by atoms with Crippen molar-refractivity contribution in [1.82, 2.24) is 30.5 Å². The summed E-state index contributed by atoms with van der Waals surface area (Å²) < 4.78 is 16.8. The van der Waals surface area contributed by atoms with Crippen molar-refractivity contribution >= 4 is 5.82 Å². The number of halogens is 1. The average Bonchev–Trinajstić information content (AvgIpc) is 3.30.